The van der Waals surface area contributed by atoms with Gasteiger partial charge >= 0.3 is 0 Å². The van der Waals surface area contributed by atoms with Crippen LogP contribution >= 0.6 is 23.2 Å². The summed E-state index contributed by atoms with van der Waals surface area (Å²) in [6.07, 6.45) is 5.03. The van der Waals surface area contributed by atoms with Gasteiger partial charge < -0.3 is 22.9 Å². The number of benzene rings is 4. The summed E-state index contributed by atoms with van der Waals surface area (Å²) in [6, 6.07) is 12.9. The van der Waals surface area contributed by atoms with Crippen LogP contribution in [-0.4, -0.2) is 0 Å². The molecule has 4 rings (SSSR count). The minimum Gasteiger partial charge on any atom is -0.398 e. The molecule has 4 aromatic rings. The number of nitrogens with two attached hydrogens (primary N) is 4. The first kappa shape index (κ1) is 35.1. The van der Waals surface area contributed by atoms with Crippen molar-refractivity contribution in [2.24, 2.45) is 0 Å². The second-order valence-electron chi connectivity index (χ2n) is 11.9. The van der Waals surface area contributed by atoms with Gasteiger partial charge in [0.15, 0.2) is 0 Å². The second kappa shape index (κ2) is 15.1. The van der Waals surface area contributed by atoms with Crippen LogP contribution in [0.1, 0.15) is 94.5 Å². The van der Waals surface area contributed by atoms with Gasteiger partial charge in [-0.25, -0.2) is 0 Å². The molecule has 0 saturated heterocycles. The van der Waals surface area contributed by atoms with E-state index in [2.05, 4.69) is 91.8 Å². The van der Waals surface area contributed by atoms with E-state index in [9.17, 15) is 0 Å². The predicted octanol–water partition coefficient (Wildman–Crippen LogP) is 9.67. The Morgan fingerprint density at radius 1 is 0.432 bits per heavy atom. The van der Waals surface area contributed by atoms with Gasteiger partial charge in [-0.3, -0.25) is 0 Å². The first-order valence-corrected chi connectivity index (χ1v) is 16.4. The topological polar surface area (TPSA) is 104 Å². The zero-order valence-electron chi connectivity index (χ0n) is 27.8. The summed E-state index contributed by atoms with van der Waals surface area (Å²) in [7, 11) is 0. The fourth-order valence-electron chi connectivity index (χ4n) is 6.02. The summed E-state index contributed by atoms with van der Waals surface area (Å²) >= 11 is 13.4. The van der Waals surface area contributed by atoms with Crippen molar-refractivity contribution >= 4 is 46.0 Å². The number of nitrogen functional groups attached to an aromatic ring is 4. The predicted molar refractivity (Wildman–Crippen MR) is 196 cm³/mol. The van der Waals surface area contributed by atoms with E-state index in [0.717, 1.165) is 121 Å². The molecule has 44 heavy (non-hydrogen) atoms. The van der Waals surface area contributed by atoms with Gasteiger partial charge in [0.2, 0.25) is 0 Å². The molecule has 0 aliphatic carbocycles. The summed E-state index contributed by atoms with van der Waals surface area (Å²) in [5.41, 5.74) is 41.7. The highest BCUT2D eigenvalue weighted by molar-refractivity contribution is 6.33. The van der Waals surface area contributed by atoms with Crippen LogP contribution in [0.15, 0.2) is 36.4 Å². The molecule has 0 aliphatic heterocycles. The Morgan fingerprint density at radius 3 is 1.02 bits per heavy atom. The number of hydrogen-bond donors (Lipinski definition) is 4. The van der Waals surface area contributed by atoms with E-state index in [1.54, 1.807) is 0 Å². The molecule has 0 radical (unpaired) electrons. The molecule has 0 atom stereocenters. The third-order valence-corrected chi connectivity index (χ3v) is 9.64. The minimum atomic E-state index is 0.693. The average Bonchev–Trinajstić information content (AvgIpc) is 2.98. The van der Waals surface area contributed by atoms with E-state index < -0.39 is 0 Å². The molecule has 6 heteroatoms. The Hall–Kier alpha value is -3.34. The van der Waals surface area contributed by atoms with E-state index in [-0.39, 0.29) is 0 Å². The molecular formula is C38H50Cl2N4. The highest BCUT2D eigenvalue weighted by atomic mass is 35.5. The van der Waals surface area contributed by atoms with Crippen molar-refractivity contribution in [1.82, 2.24) is 0 Å². The van der Waals surface area contributed by atoms with E-state index in [0.29, 0.717) is 6.42 Å². The number of aryl methyl sites for hydroxylation is 6. The number of halogens is 2. The van der Waals surface area contributed by atoms with Crippen LogP contribution in [0.5, 0.6) is 0 Å². The zero-order valence-corrected chi connectivity index (χ0v) is 29.3. The maximum absolute atomic E-state index is 6.68. The molecule has 0 unspecified atom stereocenters. The molecule has 0 heterocycles. The average molecular weight is 634 g/mol. The molecule has 0 saturated carbocycles. The van der Waals surface area contributed by atoms with Crippen LogP contribution in [-0.2, 0) is 38.5 Å². The number of hydrogen-bond acceptors (Lipinski definition) is 4. The van der Waals surface area contributed by atoms with Crippen molar-refractivity contribution in [2.75, 3.05) is 22.9 Å². The molecule has 236 valence electrons. The molecule has 0 aliphatic rings. The normalized spacial score (nSPS) is 11.0. The largest absolute Gasteiger partial charge is 0.398 e. The fraction of sp³-hybridized carbons (Fsp3) is 0.368. The lowest BCUT2D eigenvalue weighted by Gasteiger charge is -2.18. The number of rotatable bonds is 8. The maximum atomic E-state index is 6.68. The monoisotopic (exact) mass is 632 g/mol. The Kier molecular flexibility index (Phi) is 12.1. The molecule has 0 amide bonds. The standard InChI is InChI=1S/C21H28Cl2N2.C17H22N2/c1-5-12-9-14(18(22)16(7-3)20(12)24)11-15-10-13(6-2)21(25)17(8-4)19(15)23;1-10-5-14(6-11(2)16(10)18)9-15-7-12(3)17(19)13(4)8-15/h9-10H,5-8,11,24-25H2,1-4H3;5-8H,9,18-19H2,1-4H3. The van der Waals surface area contributed by atoms with E-state index >= 15 is 0 Å². The van der Waals surface area contributed by atoms with Gasteiger partial charge in [0, 0.05) is 39.2 Å². The fourth-order valence-corrected chi connectivity index (χ4v) is 6.74. The Labute approximate surface area is 275 Å². The van der Waals surface area contributed by atoms with Crippen molar-refractivity contribution in [3.8, 4) is 0 Å². The molecule has 8 N–H and O–H groups in total. The van der Waals surface area contributed by atoms with Crippen LogP contribution < -0.4 is 22.9 Å². The summed E-state index contributed by atoms with van der Waals surface area (Å²) in [6.45, 7) is 16.6. The molecule has 4 nitrogen and oxygen atoms in total. The highest BCUT2D eigenvalue weighted by Gasteiger charge is 2.17. The van der Waals surface area contributed by atoms with Crippen LogP contribution in [0, 0.1) is 27.7 Å². The van der Waals surface area contributed by atoms with Crippen LogP contribution in [0.25, 0.3) is 0 Å². The molecule has 4 aromatic carbocycles. The SMILES string of the molecule is CCc1cc(Cc2cc(CC)c(N)c(CC)c2Cl)c(Cl)c(CC)c1N.Cc1cc(Cc2cc(C)c(N)c(C)c2)cc(C)c1N. The van der Waals surface area contributed by atoms with Crippen molar-refractivity contribution in [2.45, 2.75) is 93.9 Å². The lowest BCUT2D eigenvalue weighted by molar-refractivity contribution is 1.04. The molecule has 0 spiro atoms. The quantitative estimate of drug-likeness (QED) is 0.145. The zero-order chi connectivity index (χ0) is 32.9. The van der Waals surface area contributed by atoms with Crippen LogP contribution in [0.3, 0.4) is 0 Å². The van der Waals surface area contributed by atoms with Gasteiger partial charge in [-0.2, -0.15) is 0 Å². The van der Waals surface area contributed by atoms with E-state index in [1.807, 2.05) is 0 Å². The van der Waals surface area contributed by atoms with Gasteiger partial charge in [0.25, 0.3) is 0 Å². The first-order valence-electron chi connectivity index (χ1n) is 15.7. The number of anilines is 4. The van der Waals surface area contributed by atoms with Crippen molar-refractivity contribution in [3.63, 3.8) is 0 Å². The van der Waals surface area contributed by atoms with E-state index in [1.165, 1.54) is 11.1 Å². The van der Waals surface area contributed by atoms with Crippen molar-refractivity contribution < 1.29 is 0 Å². The van der Waals surface area contributed by atoms with Crippen molar-refractivity contribution in [3.05, 3.63) is 113 Å². The Morgan fingerprint density at radius 2 is 0.750 bits per heavy atom. The van der Waals surface area contributed by atoms with Gasteiger partial charge in [0.05, 0.1) is 0 Å². The minimum absolute atomic E-state index is 0.693. The second-order valence-corrected chi connectivity index (χ2v) is 12.6. The Balaban J connectivity index is 0.000000249. The van der Waals surface area contributed by atoms with Gasteiger partial charge in [-0.15, -0.1) is 0 Å². The lowest BCUT2D eigenvalue weighted by atomic mass is 9.92. The summed E-state index contributed by atoms with van der Waals surface area (Å²) in [5, 5.41) is 1.53. The summed E-state index contributed by atoms with van der Waals surface area (Å²) < 4.78 is 0. The van der Waals surface area contributed by atoms with Crippen molar-refractivity contribution in [1.29, 1.82) is 0 Å². The summed E-state index contributed by atoms with van der Waals surface area (Å²) in [5.74, 6) is 0. The van der Waals surface area contributed by atoms with Crippen LogP contribution in [0.4, 0.5) is 22.7 Å². The molecular weight excluding hydrogens is 583 g/mol. The van der Waals surface area contributed by atoms with E-state index in [4.69, 9.17) is 46.1 Å². The van der Waals surface area contributed by atoms with Crippen LogP contribution in [0.2, 0.25) is 10.0 Å². The molecule has 0 aromatic heterocycles. The Bertz CT molecular complexity index is 1490. The third-order valence-electron chi connectivity index (χ3n) is 8.70. The molecule has 0 fully saturated rings. The first-order chi connectivity index (χ1) is 20.8. The smallest absolute Gasteiger partial charge is 0.0493 e. The van der Waals surface area contributed by atoms with Gasteiger partial charge in [0.1, 0.15) is 0 Å². The summed E-state index contributed by atoms with van der Waals surface area (Å²) in [4.78, 5) is 0. The van der Waals surface area contributed by atoms with Gasteiger partial charge in [-0.1, -0.05) is 87.3 Å². The highest BCUT2D eigenvalue weighted by Crippen LogP contribution is 2.36. The molecule has 0 bridgehead atoms. The lowest BCUT2D eigenvalue weighted by Crippen LogP contribution is -2.06. The third kappa shape index (κ3) is 7.65. The van der Waals surface area contributed by atoms with Gasteiger partial charge in [-0.05, 0) is 127 Å². The maximum Gasteiger partial charge on any atom is 0.0493 e.